The Morgan fingerprint density at radius 3 is 2.93 bits per heavy atom. The van der Waals surface area contributed by atoms with Gasteiger partial charge in [0.2, 0.25) is 0 Å². The number of hydrogen-bond acceptors (Lipinski definition) is 4. The van der Waals surface area contributed by atoms with E-state index in [0.717, 1.165) is 17.7 Å². The summed E-state index contributed by atoms with van der Waals surface area (Å²) in [6, 6.07) is 1.94. The van der Waals surface area contributed by atoms with Gasteiger partial charge in [0.15, 0.2) is 5.78 Å². The second-order valence-electron chi connectivity index (χ2n) is 3.49. The molecule has 1 aromatic rings. The third-order valence-corrected chi connectivity index (χ3v) is 6.45. The van der Waals surface area contributed by atoms with Crippen LogP contribution in [0.15, 0.2) is 16.8 Å². The van der Waals surface area contributed by atoms with Crippen molar-refractivity contribution >= 4 is 40.6 Å². The molecule has 15 heavy (non-hydrogen) atoms. The van der Waals surface area contributed by atoms with E-state index in [0.29, 0.717) is 11.0 Å². The lowest BCUT2D eigenvalue weighted by Crippen LogP contribution is -2.32. The molecule has 2 heterocycles. The SMILES string of the molecule is CCC1SCCSC1C(=O)c1ccsc1. The molecule has 1 aromatic heterocycles. The summed E-state index contributed by atoms with van der Waals surface area (Å²) in [5.41, 5.74) is 0.901. The molecule has 0 amide bonds. The molecule has 0 radical (unpaired) electrons. The zero-order chi connectivity index (χ0) is 10.7. The summed E-state index contributed by atoms with van der Waals surface area (Å²) in [6.45, 7) is 2.18. The maximum atomic E-state index is 12.2. The van der Waals surface area contributed by atoms with E-state index in [2.05, 4.69) is 6.92 Å². The van der Waals surface area contributed by atoms with Crippen molar-refractivity contribution < 1.29 is 4.79 Å². The Morgan fingerprint density at radius 2 is 2.27 bits per heavy atom. The molecular weight excluding hydrogens is 244 g/mol. The van der Waals surface area contributed by atoms with Gasteiger partial charge in [-0.25, -0.2) is 0 Å². The Bertz CT molecular complexity index is 321. The molecule has 1 aliphatic rings. The normalized spacial score (nSPS) is 26.5. The molecular formula is C11H14OS3. The number of Topliss-reactive ketones (excluding diaryl/α,β-unsaturated/α-hetero) is 1. The molecule has 0 aromatic carbocycles. The van der Waals surface area contributed by atoms with Gasteiger partial charge in [0.05, 0.1) is 5.25 Å². The van der Waals surface area contributed by atoms with Crippen LogP contribution in [-0.2, 0) is 0 Å². The van der Waals surface area contributed by atoms with Crippen LogP contribution in [0, 0.1) is 0 Å². The van der Waals surface area contributed by atoms with E-state index >= 15 is 0 Å². The first kappa shape index (κ1) is 11.6. The van der Waals surface area contributed by atoms with Crippen molar-refractivity contribution in [1.82, 2.24) is 0 Å². The Kier molecular flexibility index (Phi) is 4.17. The van der Waals surface area contributed by atoms with Gasteiger partial charge in [-0.2, -0.15) is 23.1 Å². The fourth-order valence-corrected chi connectivity index (χ4v) is 5.39. The summed E-state index contributed by atoms with van der Waals surface area (Å²) < 4.78 is 0. The summed E-state index contributed by atoms with van der Waals surface area (Å²) >= 11 is 5.40. The van der Waals surface area contributed by atoms with Crippen LogP contribution < -0.4 is 0 Å². The molecule has 2 rings (SSSR count). The van der Waals surface area contributed by atoms with Gasteiger partial charge in [-0.15, -0.1) is 11.8 Å². The molecule has 0 N–H and O–H groups in total. The van der Waals surface area contributed by atoms with Crippen LogP contribution in [0.3, 0.4) is 0 Å². The maximum Gasteiger partial charge on any atom is 0.177 e. The van der Waals surface area contributed by atoms with Crippen LogP contribution >= 0.6 is 34.9 Å². The Hall–Kier alpha value is 0.0700. The number of carbonyl (C=O) groups excluding carboxylic acids is 1. The third-order valence-electron chi connectivity index (χ3n) is 2.52. The summed E-state index contributed by atoms with van der Waals surface area (Å²) in [5, 5.41) is 4.64. The number of ketones is 1. The minimum absolute atomic E-state index is 0.184. The predicted octanol–water partition coefficient (Wildman–Crippen LogP) is 3.56. The van der Waals surface area contributed by atoms with E-state index in [1.165, 1.54) is 5.75 Å². The first-order chi connectivity index (χ1) is 7.33. The third kappa shape index (κ3) is 2.60. The van der Waals surface area contributed by atoms with Crippen molar-refractivity contribution in [1.29, 1.82) is 0 Å². The van der Waals surface area contributed by atoms with Gasteiger partial charge >= 0.3 is 0 Å². The number of thioether (sulfide) groups is 2. The smallest absolute Gasteiger partial charge is 0.177 e. The van der Waals surface area contributed by atoms with E-state index in [-0.39, 0.29) is 5.25 Å². The van der Waals surface area contributed by atoms with Crippen molar-refractivity contribution in [2.45, 2.75) is 23.8 Å². The molecule has 1 aliphatic heterocycles. The summed E-state index contributed by atoms with van der Waals surface area (Å²) in [5.74, 6) is 2.64. The molecule has 1 nitrogen and oxygen atoms in total. The van der Waals surface area contributed by atoms with Gasteiger partial charge in [-0.05, 0) is 17.9 Å². The quantitative estimate of drug-likeness (QED) is 0.772. The molecule has 0 aliphatic carbocycles. The molecule has 1 fully saturated rings. The topological polar surface area (TPSA) is 17.1 Å². The molecule has 82 valence electrons. The molecule has 2 atom stereocenters. The molecule has 1 saturated heterocycles. The highest BCUT2D eigenvalue weighted by atomic mass is 32.2. The fourth-order valence-electron chi connectivity index (χ4n) is 1.71. The van der Waals surface area contributed by atoms with Gasteiger partial charge in [-0.1, -0.05) is 6.92 Å². The van der Waals surface area contributed by atoms with Crippen LogP contribution in [0.1, 0.15) is 23.7 Å². The molecule has 2 unspecified atom stereocenters. The van der Waals surface area contributed by atoms with Gasteiger partial charge in [-0.3, -0.25) is 4.79 Å². The van der Waals surface area contributed by atoms with Crippen LogP contribution in [0.25, 0.3) is 0 Å². The monoisotopic (exact) mass is 258 g/mol. The van der Waals surface area contributed by atoms with Crippen molar-refractivity contribution in [3.05, 3.63) is 22.4 Å². The van der Waals surface area contributed by atoms with Crippen LogP contribution in [-0.4, -0.2) is 27.8 Å². The molecule has 0 saturated carbocycles. The number of hydrogen-bond donors (Lipinski definition) is 0. The van der Waals surface area contributed by atoms with Crippen LogP contribution in [0.2, 0.25) is 0 Å². The summed E-state index contributed by atoms with van der Waals surface area (Å²) in [4.78, 5) is 12.2. The van der Waals surface area contributed by atoms with E-state index in [4.69, 9.17) is 0 Å². The van der Waals surface area contributed by atoms with Gasteiger partial charge in [0, 0.05) is 27.7 Å². The predicted molar refractivity (Wildman–Crippen MR) is 71.4 cm³/mol. The van der Waals surface area contributed by atoms with E-state index in [1.54, 1.807) is 11.3 Å². The zero-order valence-corrected chi connectivity index (χ0v) is 11.1. The Morgan fingerprint density at radius 1 is 1.47 bits per heavy atom. The lowest BCUT2D eigenvalue weighted by atomic mass is 10.1. The maximum absolute atomic E-state index is 12.2. The van der Waals surface area contributed by atoms with Crippen molar-refractivity contribution in [2.24, 2.45) is 0 Å². The lowest BCUT2D eigenvalue weighted by Gasteiger charge is -2.28. The number of thiophene rings is 1. The van der Waals surface area contributed by atoms with Gasteiger partial charge in [0.25, 0.3) is 0 Å². The fraction of sp³-hybridized carbons (Fsp3) is 0.545. The summed E-state index contributed by atoms with van der Waals surface area (Å²) in [6.07, 6.45) is 1.10. The van der Waals surface area contributed by atoms with Gasteiger partial charge < -0.3 is 0 Å². The molecule has 0 bridgehead atoms. The van der Waals surface area contributed by atoms with Crippen LogP contribution in [0.4, 0.5) is 0 Å². The van der Waals surface area contributed by atoms with Crippen molar-refractivity contribution in [2.75, 3.05) is 11.5 Å². The Balaban J connectivity index is 2.11. The van der Waals surface area contributed by atoms with Crippen molar-refractivity contribution in [3.8, 4) is 0 Å². The second kappa shape index (κ2) is 5.41. The highest BCUT2D eigenvalue weighted by Crippen LogP contribution is 2.35. The average Bonchev–Trinajstić information content (AvgIpc) is 2.81. The first-order valence-electron chi connectivity index (χ1n) is 5.12. The standard InChI is InChI=1S/C11H14OS3/c1-2-9-11(15-6-5-14-9)10(12)8-3-4-13-7-8/h3-4,7,9,11H,2,5-6H2,1H3. The molecule has 0 spiro atoms. The average molecular weight is 258 g/mol. The largest absolute Gasteiger partial charge is 0.293 e. The van der Waals surface area contributed by atoms with E-state index in [9.17, 15) is 4.79 Å². The van der Waals surface area contributed by atoms with Crippen molar-refractivity contribution in [3.63, 3.8) is 0 Å². The highest BCUT2D eigenvalue weighted by molar-refractivity contribution is 8.07. The minimum atomic E-state index is 0.184. The van der Waals surface area contributed by atoms with E-state index < -0.39 is 0 Å². The lowest BCUT2D eigenvalue weighted by molar-refractivity contribution is 0.0988. The number of carbonyl (C=O) groups is 1. The molecule has 4 heteroatoms. The minimum Gasteiger partial charge on any atom is -0.293 e. The summed E-state index contributed by atoms with van der Waals surface area (Å²) in [7, 11) is 0. The van der Waals surface area contributed by atoms with E-state index in [1.807, 2.05) is 40.4 Å². The second-order valence-corrected chi connectivity index (χ2v) is 6.86. The van der Waals surface area contributed by atoms with Crippen LogP contribution in [0.5, 0.6) is 0 Å². The van der Waals surface area contributed by atoms with Gasteiger partial charge in [0.1, 0.15) is 0 Å². The first-order valence-corrected chi connectivity index (χ1v) is 8.16. The highest BCUT2D eigenvalue weighted by Gasteiger charge is 2.31. The Labute approximate surface area is 103 Å². The zero-order valence-electron chi connectivity index (χ0n) is 8.64. The number of rotatable bonds is 3.